The molecule has 0 bridgehead atoms. The van der Waals surface area contributed by atoms with Gasteiger partial charge in [-0.15, -0.1) is 0 Å². The van der Waals surface area contributed by atoms with Crippen molar-refractivity contribution in [2.45, 2.75) is 70.7 Å². The Morgan fingerprint density at radius 1 is 0.875 bits per heavy atom. The highest BCUT2D eigenvalue weighted by Gasteiger charge is 2.39. The summed E-state index contributed by atoms with van der Waals surface area (Å²) in [5.74, 6) is -0.761. The van der Waals surface area contributed by atoms with Gasteiger partial charge in [-0.3, -0.25) is 4.90 Å². The van der Waals surface area contributed by atoms with E-state index in [0.717, 1.165) is 38.9 Å². The number of hydrogen-bond acceptors (Lipinski definition) is 5. The molecule has 184 valence electrons. The van der Waals surface area contributed by atoms with E-state index < -0.39 is 5.97 Å². The van der Waals surface area contributed by atoms with Crippen molar-refractivity contribution in [3.63, 3.8) is 0 Å². The molecule has 0 spiro atoms. The quantitative estimate of drug-likeness (QED) is 0.205. The summed E-state index contributed by atoms with van der Waals surface area (Å²) in [7, 11) is 5.03. The molecule has 5 heteroatoms. The third-order valence-electron chi connectivity index (χ3n) is 6.21. The van der Waals surface area contributed by atoms with E-state index in [0.29, 0.717) is 6.54 Å². The fourth-order valence-electron chi connectivity index (χ4n) is 4.36. The van der Waals surface area contributed by atoms with E-state index in [4.69, 9.17) is 19.9 Å². The van der Waals surface area contributed by atoms with Crippen molar-refractivity contribution in [3.05, 3.63) is 42.0 Å². The van der Waals surface area contributed by atoms with Gasteiger partial charge < -0.3 is 19.9 Å². The van der Waals surface area contributed by atoms with Crippen LogP contribution in [0.2, 0.25) is 0 Å². The Morgan fingerprint density at radius 2 is 1.50 bits per heavy atom. The van der Waals surface area contributed by atoms with E-state index in [2.05, 4.69) is 48.2 Å². The number of unbranched alkanes of at least 4 members (excludes halogenated alkanes) is 5. The first-order chi connectivity index (χ1) is 15.7. The second-order valence-corrected chi connectivity index (χ2v) is 8.51. The van der Waals surface area contributed by atoms with Crippen LogP contribution in [-0.2, 0) is 14.2 Å². The van der Waals surface area contributed by atoms with Crippen molar-refractivity contribution in [1.82, 2.24) is 4.90 Å². The number of ether oxygens (including phenoxy) is 3. The summed E-state index contributed by atoms with van der Waals surface area (Å²) in [4.78, 5) is 2.41. The van der Waals surface area contributed by atoms with Gasteiger partial charge >= 0.3 is 0 Å². The highest BCUT2D eigenvalue weighted by Crippen LogP contribution is 2.32. The average molecular weight is 449 g/mol. The molecular formula is C27H48N2O3. The molecule has 32 heavy (non-hydrogen) atoms. The maximum Gasteiger partial charge on any atom is 0.285 e. The van der Waals surface area contributed by atoms with Gasteiger partial charge in [-0.1, -0.05) is 87.9 Å². The van der Waals surface area contributed by atoms with E-state index >= 15 is 0 Å². The molecule has 0 saturated heterocycles. The van der Waals surface area contributed by atoms with Gasteiger partial charge in [0.05, 0.1) is 0 Å². The normalized spacial score (nSPS) is 13.3. The molecule has 0 aromatic heterocycles. The Kier molecular flexibility index (Phi) is 16.4. The van der Waals surface area contributed by atoms with E-state index in [1.54, 1.807) is 21.3 Å². The molecule has 0 saturated carbocycles. The molecule has 2 N–H and O–H groups in total. The minimum absolute atomic E-state index is 0.202. The van der Waals surface area contributed by atoms with E-state index in [9.17, 15) is 0 Å². The van der Waals surface area contributed by atoms with Gasteiger partial charge in [-0.25, -0.2) is 0 Å². The van der Waals surface area contributed by atoms with Crippen LogP contribution in [0.15, 0.2) is 36.4 Å². The molecule has 0 amide bonds. The fourth-order valence-corrected chi connectivity index (χ4v) is 4.36. The van der Waals surface area contributed by atoms with Crippen LogP contribution < -0.4 is 5.73 Å². The lowest BCUT2D eigenvalue weighted by atomic mass is 9.92. The maximum absolute atomic E-state index is 5.87. The number of methoxy groups -OCH3 is 3. The van der Waals surface area contributed by atoms with Crippen LogP contribution in [0.5, 0.6) is 0 Å². The molecular weight excluding hydrogens is 400 g/mol. The van der Waals surface area contributed by atoms with Gasteiger partial charge in [-0.05, 0) is 31.4 Å². The van der Waals surface area contributed by atoms with Crippen LogP contribution in [0.4, 0.5) is 0 Å². The number of nitrogens with zero attached hydrogens (tertiary/aromatic N) is 1. The summed E-state index contributed by atoms with van der Waals surface area (Å²) in [5.41, 5.74) is 7.09. The Morgan fingerprint density at radius 3 is 2.12 bits per heavy atom. The topological polar surface area (TPSA) is 57.0 Å². The average Bonchev–Trinajstić information content (AvgIpc) is 2.83. The van der Waals surface area contributed by atoms with Crippen LogP contribution in [0.1, 0.15) is 70.3 Å². The second kappa shape index (κ2) is 18.2. The van der Waals surface area contributed by atoms with E-state index in [-0.39, 0.29) is 5.92 Å². The second-order valence-electron chi connectivity index (χ2n) is 8.51. The minimum atomic E-state index is -0.963. The number of benzene rings is 1. The van der Waals surface area contributed by atoms with Gasteiger partial charge in [0.2, 0.25) is 0 Å². The van der Waals surface area contributed by atoms with E-state index in [1.807, 2.05) is 6.07 Å². The number of hydrogen-bond donors (Lipinski definition) is 1. The summed E-state index contributed by atoms with van der Waals surface area (Å²) in [5, 5.41) is 0. The van der Waals surface area contributed by atoms with Crippen molar-refractivity contribution >= 4 is 6.08 Å². The summed E-state index contributed by atoms with van der Waals surface area (Å²) in [6, 6.07) is 10.4. The molecule has 1 atom stereocenters. The third-order valence-corrected chi connectivity index (χ3v) is 6.21. The smallest absolute Gasteiger partial charge is 0.285 e. The molecule has 1 rings (SSSR count). The van der Waals surface area contributed by atoms with E-state index in [1.165, 1.54) is 44.1 Å². The first-order valence-electron chi connectivity index (χ1n) is 12.4. The Hall–Kier alpha value is -1.24. The molecule has 0 radical (unpaired) electrons. The molecule has 0 heterocycles. The van der Waals surface area contributed by atoms with Crippen LogP contribution >= 0.6 is 0 Å². The zero-order chi connectivity index (χ0) is 23.5. The Bertz CT molecular complexity index is 567. The zero-order valence-electron chi connectivity index (χ0n) is 21.1. The van der Waals surface area contributed by atoms with Crippen LogP contribution in [-0.4, -0.2) is 58.4 Å². The molecule has 1 aromatic rings. The maximum atomic E-state index is 5.87. The highest BCUT2D eigenvalue weighted by molar-refractivity contribution is 5.48. The number of nitrogens with two attached hydrogens (primary N) is 1. The van der Waals surface area contributed by atoms with Gasteiger partial charge in [-0.2, -0.15) is 0 Å². The molecule has 1 aromatic carbocycles. The minimum Gasteiger partial charge on any atom is -0.331 e. The number of rotatable bonds is 20. The van der Waals surface area contributed by atoms with Crippen molar-refractivity contribution in [2.75, 3.05) is 47.5 Å². The van der Waals surface area contributed by atoms with Gasteiger partial charge in [0.25, 0.3) is 5.97 Å². The summed E-state index contributed by atoms with van der Waals surface area (Å²) < 4.78 is 17.2. The van der Waals surface area contributed by atoms with Crippen molar-refractivity contribution in [1.29, 1.82) is 0 Å². The summed E-state index contributed by atoms with van der Waals surface area (Å²) in [6.07, 6.45) is 15.2. The SMILES string of the molecule is CCCCCCCCC(CCCN(CC=Cc1ccccc1)CCN)C(OC)(OC)OC. The third kappa shape index (κ3) is 11.1. The standard InChI is InChI=1S/C27H48N2O3/c1-5-6-7-8-9-13-19-26(27(30-2,31-3)32-4)20-15-23-29(24-21-28)22-14-18-25-16-11-10-12-17-25/h10-12,14,16-18,26H,5-9,13,15,19-24,28H2,1-4H3. The van der Waals surface area contributed by atoms with Crippen molar-refractivity contribution < 1.29 is 14.2 Å². The summed E-state index contributed by atoms with van der Waals surface area (Å²) in [6.45, 7) is 5.71. The molecule has 0 aliphatic rings. The van der Waals surface area contributed by atoms with Gasteiger partial charge in [0.15, 0.2) is 0 Å². The molecule has 1 unspecified atom stereocenters. The van der Waals surface area contributed by atoms with Crippen LogP contribution in [0, 0.1) is 5.92 Å². The predicted octanol–water partition coefficient (Wildman–Crippen LogP) is 5.70. The molecule has 5 nitrogen and oxygen atoms in total. The first kappa shape index (κ1) is 28.8. The Balaban J connectivity index is 2.58. The predicted molar refractivity (Wildman–Crippen MR) is 135 cm³/mol. The van der Waals surface area contributed by atoms with Crippen LogP contribution in [0.3, 0.4) is 0 Å². The molecule has 0 aliphatic carbocycles. The monoisotopic (exact) mass is 448 g/mol. The molecule has 0 fully saturated rings. The van der Waals surface area contributed by atoms with Gasteiger partial charge in [0.1, 0.15) is 0 Å². The zero-order valence-corrected chi connectivity index (χ0v) is 21.1. The largest absolute Gasteiger partial charge is 0.331 e. The highest BCUT2D eigenvalue weighted by atomic mass is 16.9. The van der Waals surface area contributed by atoms with Crippen molar-refractivity contribution in [2.24, 2.45) is 11.7 Å². The lowest BCUT2D eigenvalue weighted by Crippen LogP contribution is -2.44. The molecule has 0 aliphatic heterocycles. The first-order valence-corrected chi connectivity index (χ1v) is 12.4. The fraction of sp³-hybridized carbons (Fsp3) is 0.704. The lowest BCUT2D eigenvalue weighted by molar-refractivity contribution is -0.380. The Labute approximate surface area is 197 Å². The van der Waals surface area contributed by atoms with Gasteiger partial charge in [0, 0.05) is 46.9 Å². The van der Waals surface area contributed by atoms with Crippen molar-refractivity contribution in [3.8, 4) is 0 Å². The summed E-state index contributed by atoms with van der Waals surface area (Å²) >= 11 is 0. The lowest BCUT2D eigenvalue weighted by Gasteiger charge is -2.37. The van der Waals surface area contributed by atoms with Crippen LogP contribution in [0.25, 0.3) is 6.08 Å².